The first-order valence-corrected chi connectivity index (χ1v) is 9.33. The van der Waals surface area contributed by atoms with E-state index in [4.69, 9.17) is 0 Å². The lowest BCUT2D eigenvalue weighted by Crippen LogP contribution is -2.63. The van der Waals surface area contributed by atoms with Crippen LogP contribution in [0.25, 0.3) is 0 Å². The Kier molecular flexibility index (Phi) is 5.08. The number of carboxylic acids is 1. The van der Waals surface area contributed by atoms with Crippen LogP contribution in [0.2, 0.25) is 0 Å². The van der Waals surface area contributed by atoms with Gasteiger partial charge in [0.25, 0.3) is 0 Å². The molecule has 3 rings (SSSR count). The SMILES string of the molecule is CNN=C[C@@H]1C[C@H](SC2=C(C(=O)O)N3C(=O)[C@H](C(C)O)[C@H]3[C@H]2C)CN1. The molecule has 0 radical (unpaired) electrons. The minimum atomic E-state index is -1.08. The van der Waals surface area contributed by atoms with Crippen LogP contribution in [0.3, 0.4) is 0 Å². The highest BCUT2D eigenvalue weighted by Crippen LogP contribution is 2.51. The van der Waals surface area contributed by atoms with E-state index in [1.807, 2.05) is 13.1 Å². The number of amides is 1. The van der Waals surface area contributed by atoms with Gasteiger partial charge in [-0.05, 0) is 13.3 Å². The van der Waals surface area contributed by atoms with E-state index in [1.165, 1.54) is 16.7 Å². The summed E-state index contributed by atoms with van der Waals surface area (Å²) >= 11 is 1.54. The molecule has 3 aliphatic heterocycles. The molecule has 0 aromatic carbocycles. The first-order chi connectivity index (χ1) is 11.9. The van der Waals surface area contributed by atoms with Crippen molar-refractivity contribution in [3.63, 3.8) is 0 Å². The molecule has 3 aliphatic rings. The lowest BCUT2D eigenvalue weighted by atomic mass is 9.79. The van der Waals surface area contributed by atoms with Crippen molar-refractivity contribution in [1.29, 1.82) is 0 Å². The summed E-state index contributed by atoms with van der Waals surface area (Å²) in [5.74, 6) is -1.96. The largest absolute Gasteiger partial charge is 0.477 e. The average molecular weight is 368 g/mol. The number of carbonyl (C=O) groups excluding carboxylic acids is 1. The molecular formula is C16H24N4O4S. The Labute approximate surface area is 150 Å². The summed E-state index contributed by atoms with van der Waals surface area (Å²) in [6, 6.07) is -0.100. The molecule has 0 bridgehead atoms. The van der Waals surface area contributed by atoms with Crippen LogP contribution in [0.5, 0.6) is 0 Å². The maximum atomic E-state index is 12.3. The third kappa shape index (κ3) is 3.04. The number of carbonyl (C=O) groups is 2. The Morgan fingerprint density at radius 3 is 2.88 bits per heavy atom. The number of nitrogens with zero attached hydrogens (tertiary/aromatic N) is 2. The molecule has 6 atom stereocenters. The smallest absolute Gasteiger partial charge is 0.353 e. The van der Waals surface area contributed by atoms with Crippen LogP contribution in [0.4, 0.5) is 0 Å². The molecule has 4 N–H and O–H groups in total. The lowest BCUT2D eigenvalue weighted by molar-refractivity contribution is -0.163. The molecule has 2 saturated heterocycles. The number of hydrogen-bond donors (Lipinski definition) is 4. The molecule has 2 fully saturated rings. The number of rotatable bonds is 6. The van der Waals surface area contributed by atoms with Crippen LogP contribution in [0.15, 0.2) is 15.7 Å². The predicted octanol–water partition coefficient (Wildman–Crippen LogP) is -0.191. The average Bonchev–Trinajstić information content (AvgIpc) is 3.08. The first kappa shape index (κ1) is 18.2. The number of fused-ring (bicyclic) bond motifs is 1. The second kappa shape index (κ2) is 6.97. The van der Waals surface area contributed by atoms with E-state index in [1.54, 1.807) is 14.0 Å². The maximum absolute atomic E-state index is 12.3. The van der Waals surface area contributed by atoms with Crippen LogP contribution in [0, 0.1) is 11.8 Å². The fraction of sp³-hybridized carbons (Fsp3) is 0.688. The topological polar surface area (TPSA) is 114 Å². The van der Waals surface area contributed by atoms with E-state index < -0.39 is 18.0 Å². The Hall–Kier alpha value is -1.58. The fourth-order valence-electron chi connectivity index (χ4n) is 3.96. The highest BCUT2D eigenvalue weighted by Gasteiger charge is 2.60. The third-order valence-electron chi connectivity index (χ3n) is 5.11. The van der Waals surface area contributed by atoms with Crippen molar-refractivity contribution < 1.29 is 19.8 Å². The van der Waals surface area contributed by atoms with Gasteiger partial charge in [-0.3, -0.25) is 4.79 Å². The van der Waals surface area contributed by atoms with E-state index in [9.17, 15) is 19.8 Å². The third-order valence-corrected chi connectivity index (χ3v) is 6.62. The van der Waals surface area contributed by atoms with E-state index in [0.717, 1.165) is 17.9 Å². The Balaban J connectivity index is 1.77. The van der Waals surface area contributed by atoms with Crippen LogP contribution in [-0.4, -0.2) is 70.2 Å². The predicted molar refractivity (Wildman–Crippen MR) is 95.0 cm³/mol. The molecule has 8 nitrogen and oxygen atoms in total. The van der Waals surface area contributed by atoms with Gasteiger partial charge in [0.2, 0.25) is 5.91 Å². The van der Waals surface area contributed by atoms with Gasteiger partial charge in [-0.15, -0.1) is 11.8 Å². The van der Waals surface area contributed by atoms with Gasteiger partial charge in [-0.1, -0.05) is 6.92 Å². The monoisotopic (exact) mass is 368 g/mol. The first-order valence-electron chi connectivity index (χ1n) is 8.45. The van der Waals surface area contributed by atoms with Gasteiger partial charge in [0.1, 0.15) is 5.70 Å². The fourth-order valence-corrected chi connectivity index (χ4v) is 5.45. The van der Waals surface area contributed by atoms with Crippen LogP contribution < -0.4 is 10.7 Å². The molecule has 0 aromatic heterocycles. The molecule has 0 spiro atoms. The van der Waals surface area contributed by atoms with Gasteiger partial charge < -0.3 is 25.9 Å². The molecule has 3 heterocycles. The molecule has 0 saturated carbocycles. The summed E-state index contributed by atoms with van der Waals surface area (Å²) in [4.78, 5) is 26.2. The molecule has 9 heteroatoms. The number of thioether (sulfide) groups is 1. The Bertz CT molecular complexity index is 636. The highest BCUT2D eigenvalue weighted by atomic mass is 32.2. The van der Waals surface area contributed by atoms with Crippen molar-refractivity contribution in [3.05, 3.63) is 10.6 Å². The summed E-state index contributed by atoms with van der Waals surface area (Å²) in [5.41, 5.74) is 2.81. The van der Waals surface area contributed by atoms with Crippen molar-refractivity contribution >= 4 is 29.9 Å². The summed E-state index contributed by atoms with van der Waals surface area (Å²) < 4.78 is 0. The zero-order valence-corrected chi connectivity index (χ0v) is 15.3. The van der Waals surface area contributed by atoms with E-state index in [2.05, 4.69) is 15.8 Å². The minimum absolute atomic E-state index is 0.0848. The molecule has 25 heavy (non-hydrogen) atoms. The number of β-lactam (4-membered cyclic amide) rings is 1. The van der Waals surface area contributed by atoms with Crippen molar-refractivity contribution in [1.82, 2.24) is 15.6 Å². The minimum Gasteiger partial charge on any atom is -0.477 e. The van der Waals surface area contributed by atoms with Crippen LogP contribution in [0.1, 0.15) is 20.3 Å². The van der Waals surface area contributed by atoms with Gasteiger partial charge in [0, 0.05) is 41.9 Å². The molecule has 0 aliphatic carbocycles. The lowest BCUT2D eigenvalue weighted by Gasteiger charge is -2.46. The van der Waals surface area contributed by atoms with Gasteiger partial charge in [0.15, 0.2) is 0 Å². The number of aliphatic hydroxyl groups excluding tert-OH is 1. The number of hydrogen-bond acceptors (Lipinski definition) is 7. The van der Waals surface area contributed by atoms with E-state index in [0.29, 0.717) is 0 Å². The van der Waals surface area contributed by atoms with Gasteiger partial charge >= 0.3 is 5.97 Å². The van der Waals surface area contributed by atoms with Gasteiger partial charge in [-0.2, -0.15) is 5.10 Å². The van der Waals surface area contributed by atoms with Gasteiger partial charge in [-0.25, -0.2) is 4.79 Å². The Morgan fingerprint density at radius 1 is 1.56 bits per heavy atom. The number of carboxylic acid groups (broad SMARTS) is 1. The van der Waals surface area contributed by atoms with Crippen molar-refractivity contribution in [2.24, 2.45) is 16.9 Å². The zero-order chi connectivity index (χ0) is 18.3. The summed E-state index contributed by atoms with van der Waals surface area (Å²) in [6.07, 6.45) is 1.88. The van der Waals surface area contributed by atoms with Gasteiger partial charge in [0.05, 0.1) is 18.1 Å². The highest BCUT2D eigenvalue weighted by molar-refractivity contribution is 8.03. The summed E-state index contributed by atoms with van der Waals surface area (Å²) in [6.45, 7) is 4.29. The Morgan fingerprint density at radius 2 is 2.28 bits per heavy atom. The standard InChI is InChI=1S/C16H24N4O4S/c1-7-12-11(8(2)21)15(22)20(12)13(16(23)24)14(7)25-10-4-9(18-6-10)5-19-17-3/h5,7-12,17-18,21H,4,6H2,1-3H3,(H,23,24)/t7-,8?,9+,10+,11-,12-/m1/s1. The van der Waals surface area contributed by atoms with Crippen molar-refractivity contribution in [3.8, 4) is 0 Å². The summed E-state index contributed by atoms with van der Waals surface area (Å²) in [7, 11) is 1.74. The van der Waals surface area contributed by atoms with Crippen LogP contribution in [-0.2, 0) is 9.59 Å². The second-order valence-corrected chi connectivity index (χ2v) is 8.11. The molecule has 1 unspecified atom stereocenters. The van der Waals surface area contributed by atoms with Crippen molar-refractivity contribution in [2.75, 3.05) is 13.6 Å². The van der Waals surface area contributed by atoms with E-state index >= 15 is 0 Å². The van der Waals surface area contributed by atoms with Crippen molar-refractivity contribution in [2.45, 2.75) is 43.7 Å². The number of hydrazone groups is 1. The molecule has 0 aromatic rings. The quantitative estimate of drug-likeness (QED) is 0.292. The molecule has 1 amide bonds. The second-order valence-electron chi connectivity index (χ2n) is 6.76. The molecule has 138 valence electrons. The zero-order valence-electron chi connectivity index (χ0n) is 14.5. The molecular weight excluding hydrogens is 344 g/mol. The number of nitrogens with one attached hydrogen (secondary N) is 2. The maximum Gasteiger partial charge on any atom is 0.353 e. The summed E-state index contributed by atoms with van der Waals surface area (Å²) in [5, 5.41) is 27.1. The van der Waals surface area contributed by atoms with E-state index in [-0.39, 0.29) is 34.9 Å². The number of aliphatic hydroxyl groups is 1. The number of aliphatic carboxylic acids is 1. The normalized spacial score (nSPS) is 35.9. The van der Waals surface area contributed by atoms with Crippen LogP contribution >= 0.6 is 11.8 Å².